The largest absolute Gasteiger partial charge is 0.392 e. The van der Waals surface area contributed by atoms with Crippen molar-refractivity contribution in [1.82, 2.24) is 0 Å². The van der Waals surface area contributed by atoms with Crippen LogP contribution in [0.3, 0.4) is 0 Å². The Morgan fingerprint density at radius 3 is 0.939 bits per heavy atom. The van der Waals surface area contributed by atoms with E-state index in [0.717, 1.165) is 64.2 Å². The molecule has 0 aromatic carbocycles. The van der Waals surface area contributed by atoms with E-state index in [4.69, 9.17) is 9.47 Å². The quantitative estimate of drug-likeness (QED) is 0.0289. The van der Waals surface area contributed by atoms with Gasteiger partial charge in [-0.1, -0.05) is 155 Å². The van der Waals surface area contributed by atoms with Crippen LogP contribution in [0.4, 0.5) is 0 Å². The summed E-state index contributed by atoms with van der Waals surface area (Å²) in [4.78, 5) is 50.7. The summed E-state index contributed by atoms with van der Waals surface area (Å²) in [5, 5.41) is 0. The number of carbonyl (C=O) groups excluding carboxylic acids is 4. The fourth-order valence-electron chi connectivity index (χ4n) is 6.10. The van der Waals surface area contributed by atoms with Gasteiger partial charge in [-0.25, -0.2) is 0 Å². The van der Waals surface area contributed by atoms with Gasteiger partial charge in [0, 0.05) is 12.8 Å². The molecule has 0 aliphatic carbocycles. The normalized spacial score (nSPS) is 11.8. The van der Waals surface area contributed by atoms with Crippen LogP contribution in [0.5, 0.6) is 0 Å². The minimum Gasteiger partial charge on any atom is -0.392 e. The first-order valence-electron chi connectivity index (χ1n) is 20.7. The number of rotatable bonds is 34. The number of hydrogen-bond acceptors (Lipinski definition) is 6. The molecule has 0 amide bonds. The summed E-state index contributed by atoms with van der Waals surface area (Å²) in [6.45, 7) is 7.84. The fourth-order valence-corrected chi connectivity index (χ4v) is 6.10. The second kappa shape index (κ2) is 34.2. The minimum absolute atomic E-state index is 0.0997. The molecule has 49 heavy (non-hydrogen) atoms. The van der Waals surface area contributed by atoms with Crippen molar-refractivity contribution < 1.29 is 28.7 Å². The van der Waals surface area contributed by atoms with Gasteiger partial charge in [0.25, 0.3) is 0 Å². The van der Waals surface area contributed by atoms with Gasteiger partial charge >= 0.3 is 23.9 Å². The zero-order valence-corrected chi connectivity index (χ0v) is 32.5. The molecule has 0 spiro atoms. The van der Waals surface area contributed by atoms with E-state index in [2.05, 4.69) is 38.2 Å². The third-order valence-corrected chi connectivity index (χ3v) is 9.69. The average molecular weight is 689 g/mol. The summed E-state index contributed by atoms with van der Waals surface area (Å²) < 4.78 is 10.2. The maximum absolute atomic E-state index is 13.0. The highest BCUT2D eigenvalue weighted by Crippen LogP contribution is 2.31. The maximum Gasteiger partial charge on any atom is 0.331 e. The predicted molar refractivity (Wildman–Crippen MR) is 204 cm³/mol. The number of ether oxygens (including phenoxy) is 2. The molecule has 0 aliphatic rings. The number of esters is 4. The van der Waals surface area contributed by atoms with Crippen LogP contribution in [-0.4, -0.2) is 23.9 Å². The second-order valence-electron chi connectivity index (χ2n) is 14.0. The highest BCUT2D eigenvalue weighted by Gasteiger charge is 2.47. The van der Waals surface area contributed by atoms with Gasteiger partial charge in [0.15, 0.2) is 5.41 Å². The van der Waals surface area contributed by atoms with Crippen LogP contribution in [0.25, 0.3) is 0 Å². The SMILES string of the molecule is CCCCCCCC/C=C\CCCCCCCC(=O)OC(=O)C(CC)(CC)C(=O)OC(=O)CCCCCCC/C=C\CCCCCCCC. The molecule has 0 aliphatic heterocycles. The molecular formula is C43H76O6. The summed E-state index contributed by atoms with van der Waals surface area (Å²) >= 11 is 0. The molecule has 0 saturated carbocycles. The first kappa shape index (κ1) is 46.8. The van der Waals surface area contributed by atoms with Gasteiger partial charge in [-0.2, -0.15) is 0 Å². The van der Waals surface area contributed by atoms with Crippen LogP contribution in [0, 0.1) is 5.41 Å². The van der Waals surface area contributed by atoms with Crippen LogP contribution >= 0.6 is 0 Å². The van der Waals surface area contributed by atoms with E-state index in [1.54, 1.807) is 13.8 Å². The van der Waals surface area contributed by atoms with Gasteiger partial charge in [-0.05, 0) is 77.0 Å². The first-order valence-corrected chi connectivity index (χ1v) is 20.7. The molecule has 0 fully saturated rings. The van der Waals surface area contributed by atoms with Gasteiger partial charge in [0.2, 0.25) is 0 Å². The molecule has 0 heterocycles. The van der Waals surface area contributed by atoms with E-state index < -0.39 is 29.3 Å². The van der Waals surface area contributed by atoms with E-state index in [-0.39, 0.29) is 25.7 Å². The summed E-state index contributed by atoms with van der Waals surface area (Å²) in [5.41, 5.74) is -1.64. The predicted octanol–water partition coefficient (Wildman–Crippen LogP) is 13.0. The van der Waals surface area contributed by atoms with Crippen molar-refractivity contribution in [1.29, 1.82) is 0 Å². The average Bonchev–Trinajstić information content (AvgIpc) is 3.09. The molecule has 0 rings (SSSR count). The monoisotopic (exact) mass is 689 g/mol. The topological polar surface area (TPSA) is 86.7 Å². The summed E-state index contributed by atoms with van der Waals surface area (Å²) in [6, 6.07) is 0. The molecule has 0 N–H and O–H groups in total. The Morgan fingerprint density at radius 1 is 0.388 bits per heavy atom. The second-order valence-corrected chi connectivity index (χ2v) is 14.0. The standard InChI is InChI=1S/C43H76O6/c1-5-9-11-13-15-17-19-21-23-25-27-29-31-33-35-37-39(44)48-41(46)43(7-3,8-4)42(47)49-40(45)38-36-34-32-30-28-26-24-22-20-18-16-14-12-10-6-2/h21-24H,5-20,25-38H2,1-4H3/b23-21-,24-22-. The molecule has 6 nitrogen and oxygen atoms in total. The molecule has 0 radical (unpaired) electrons. The van der Waals surface area contributed by atoms with Gasteiger partial charge < -0.3 is 9.47 Å². The van der Waals surface area contributed by atoms with Gasteiger partial charge in [-0.15, -0.1) is 0 Å². The lowest BCUT2D eigenvalue weighted by molar-refractivity contribution is -0.179. The van der Waals surface area contributed by atoms with E-state index >= 15 is 0 Å². The van der Waals surface area contributed by atoms with Crippen LogP contribution in [-0.2, 0) is 28.7 Å². The first-order chi connectivity index (χ1) is 23.9. The smallest absolute Gasteiger partial charge is 0.331 e. The fraction of sp³-hybridized carbons (Fsp3) is 0.814. The van der Waals surface area contributed by atoms with E-state index in [9.17, 15) is 19.2 Å². The van der Waals surface area contributed by atoms with Crippen molar-refractivity contribution >= 4 is 23.9 Å². The van der Waals surface area contributed by atoms with Crippen molar-refractivity contribution in [2.75, 3.05) is 0 Å². The molecule has 0 unspecified atom stereocenters. The Hall–Kier alpha value is -2.24. The number of hydrogen-bond donors (Lipinski definition) is 0. The lowest BCUT2D eigenvalue weighted by Crippen LogP contribution is -2.42. The molecule has 0 saturated heterocycles. The van der Waals surface area contributed by atoms with Gasteiger partial charge in [-0.3, -0.25) is 19.2 Å². The van der Waals surface area contributed by atoms with E-state index in [1.807, 2.05) is 0 Å². The highest BCUT2D eigenvalue weighted by molar-refractivity contribution is 6.05. The summed E-state index contributed by atoms with van der Waals surface area (Å²) in [7, 11) is 0. The summed E-state index contributed by atoms with van der Waals surface area (Å²) in [6.07, 6.45) is 39.8. The van der Waals surface area contributed by atoms with Gasteiger partial charge in [0.1, 0.15) is 0 Å². The number of unbranched alkanes of at least 4 members (excludes halogenated alkanes) is 22. The maximum atomic E-state index is 13.0. The molecule has 0 bridgehead atoms. The molecule has 0 aromatic heterocycles. The molecule has 0 atom stereocenters. The van der Waals surface area contributed by atoms with Crippen molar-refractivity contribution in [3.05, 3.63) is 24.3 Å². The Bertz CT molecular complexity index is 817. The van der Waals surface area contributed by atoms with Crippen LogP contribution in [0.1, 0.15) is 220 Å². The van der Waals surface area contributed by atoms with Gasteiger partial charge in [0.05, 0.1) is 0 Å². The molecule has 6 heteroatoms. The van der Waals surface area contributed by atoms with Crippen molar-refractivity contribution in [3.8, 4) is 0 Å². The van der Waals surface area contributed by atoms with E-state index in [0.29, 0.717) is 12.8 Å². The Labute approximate surface area is 302 Å². The number of allylic oxidation sites excluding steroid dienone is 4. The third-order valence-electron chi connectivity index (χ3n) is 9.69. The lowest BCUT2D eigenvalue weighted by atomic mass is 9.82. The van der Waals surface area contributed by atoms with Crippen LogP contribution in [0.15, 0.2) is 24.3 Å². The zero-order chi connectivity index (χ0) is 36.3. The molecule has 0 aromatic rings. The Kier molecular flexibility index (Phi) is 32.7. The highest BCUT2D eigenvalue weighted by atomic mass is 16.6. The minimum atomic E-state index is -1.64. The summed E-state index contributed by atoms with van der Waals surface area (Å²) in [5.74, 6) is -3.06. The third kappa shape index (κ3) is 26.3. The van der Waals surface area contributed by atoms with E-state index in [1.165, 1.54) is 89.9 Å². The molecule has 284 valence electrons. The Balaban J connectivity index is 4.09. The zero-order valence-electron chi connectivity index (χ0n) is 32.5. The lowest BCUT2D eigenvalue weighted by Gasteiger charge is -2.25. The Morgan fingerprint density at radius 2 is 0.653 bits per heavy atom. The van der Waals surface area contributed by atoms with Crippen molar-refractivity contribution in [2.45, 2.75) is 220 Å². The number of carbonyl (C=O) groups is 4. The van der Waals surface area contributed by atoms with Crippen LogP contribution in [0.2, 0.25) is 0 Å². The molecular weight excluding hydrogens is 612 g/mol. The van der Waals surface area contributed by atoms with Crippen LogP contribution < -0.4 is 0 Å². The van der Waals surface area contributed by atoms with Crippen molar-refractivity contribution in [3.63, 3.8) is 0 Å². The van der Waals surface area contributed by atoms with Crippen molar-refractivity contribution in [2.24, 2.45) is 5.41 Å².